The first-order valence-corrected chi connectivity index (χ1v) is 5.86. The SMILES string of the molecule is Cc1cc(C(=O)O)cnc1N(C)Cc1cnn(C)c1. The summed E-state index contributed by atoms with van der Waals surface area (Å²) in [6, 6.07) is 1.63. The number of hydrogen-bond acceptors (Lipinski definition) is 4. The molecule has 0 unspecified atom stereocenters. The minimum Gasteiger partial charge on any atom is -0.478 e. The highest BCUT2D eigenvalue weighted by molar-refractivity contribution is 5.87. The minimum absolute atomic E-state index is 0.205. The van der Waals surface area contributed by atoms with Gasteiger partial charge >= 0.3 is 5.97 Å². The summed E-state index contributed by atoms with van der Waals surface area (Å²) in [4.78, 5) is 17.1. The predicted molar refractivity (Wildman–Crippen MR) is 71.2 cm³/mol. The second-order valence-electron chi connectivity index (χ2n) is 4.55. The Bertz CT molecular complexity index is 606. The molecule has 0 saturated carbocycles. The molecule has 0 atom stereocenters. The number of carbonyl (C=O) groups is 1. The van der Waals surface area contributed by atoms with Gasteiger partial charge in [0.1, 0.15) is 5.82 Å². The number of hydrogen-bond donors (Lipinski definition) is 1. The highest BCUT2D eigenvalue weighted by Crippen LogP contribution is 2.18. The van der Waals surface area contributed by atoms with Crippen molar-refractivity contribution in [2.45, 2.75) is 13.5 Å². The summed E-state index contributed by atoms with van der Waals surface area (Å²) in [6.45, 7) is 2.53. The smallest absolute Gasteiger partial charge is 0.337 e. The van der Waals surface area contributed by atoms with Gasteiger partial charge in [0.2, 0.25) is 0 Å². The fraction of sp³-hybridized carbons (Fsp3) is 0.308. The molecule has 1 N–H and O–H groups in total. The van der Waals surface area contributed by atoms with Gasteiger partial charge in [-0.15, -0.1) is 0 Å². The van der Waals surface area contributed by atoms with Crippen molar-refractivity contribution >= 4 is 11.8 Å². The Kier molecular flexibility index (Phi) is 3.50. The van der Waals surface area contributed by atoms with Gasteiger partial charge in [-0.2, -0.15) is 5.10 Å². The highest BCUT2D eigenvalue weighted by Gasteiger charge is 2.11. The average Bonchev–Trinajstić information content (AvgIpc) is 2.74. The molecule has 0 bridgehead atoms. The quantitative estimate of drug-likeness (QED) is 0.901. The van der Waals surface area contributed by atoms with Crippen LogP contribution in [0.3, 0.4) is 0 Å². The van der Waals surface area contributed by atoms with Gasteiger partial charge in [-0.3, -0.25) is 4.68 Å². The molecule has 2 heterocycles. The van der Waals surface area contributed by atoms with E-state index in [1.807, 2.05) is 32.1 Å². The molecule has 6 heteroatoms. The third-order valence-electron chi connectivity index (χ3n) is 2.84. The first-order chi connectivity index (χ1) is 8.97. The molecule has 19 heavy (non-hydrogen) atoms. The van der Waals surface area contributed by atoms with Gasteiger partial charge < -0.3 is 10.0 Å². The summed E-state index contributed by atoms with van der Waals surface area (Å²) in [6.07, 6.45) is 5.12. The van der Waals surface area contributed by atoms with Crippen LogP contribution in [0.4, 0.5) is 5.82 Å². The van der Waals surface area contributed by atoms with Crippen LogP contribution in [0.2, 0.25) is 0 Å². The fourth-order valence-corrected chi connectivity index (χ4v) is 1.99. The molecule has 2 aromatic rings. The number of carboxylic acid groups (broad SMARTS) is 1. The third kappa shape index (κ3) is 2.90. The van der Waals surface area contributed by atoms with Gasteiger partial charge in [-0.1, -0.05) is 0 Å². The van der Waals surface area contributed by atoms with Crippen LogP contribution < -0.4 is 4.90 Å². The summed E-state index contributed by atoms with van der Waals surface area (Å²) in [7, 11) is 3.79. The van der Waals surface area contributed by atoms with Crippen LogP contribution in [0.25, 0.3) is 0 Å². The van der Waals surface area contributed by atoms with Gasteiger partial charge in [0.05, 0.1) is 11.8 Å². The van der Waals surface area contributed by atoms with E-state index in [0.717, 1.165) is 16.9 Å². The van der Waals surface area contributed by atoms with E-state index in [2.05, 4.69) is 10.1 Å². The average molecular weight is 260 g/mol. The topological polar surface area (TPSA) is 71.2 Å². The maximum atomic E-state index is 10.9. The Labute approximate surface area is 111 Å². The number of nitrogens with zero attached hydrogens (tertiary/aromatic N) is 4. The third-order valence-corrected chi connectivity index (χ3v) is 2.84. The second-order valence-corrected chi connectivity index (χ2v) is 4.55. The van der Waals surface area contributed by atoms with Gasteiger partial charge in [0.25, 0.3) is 0 Å². The van der Waals surface area contributed by atoms with E-state index >= 15 is 0 Å². The Morgan fingerprint density at radius 3 is 2.74 bits per heavy atom. The van der Waals surface area contributed by atoms with Crippen LogP contribution in [0.1, 0.15) is 21.5 Å². The van der Waals surface area contributed by atoms with Gasteiger partial charge in [-0.25, -0.2) is 9.78 Å². The molecule has 0 radical (unpaired) electrons. The molecule has 0 aliphatic heterocycles. The van der Waals surface area contributed by atoms with Crippen molar-refractivity contribution in [3.05, 3.63) is 41.3 Å². The summed E-state index contributed by atoms with van der Waals surface area (Å²) in [5.74, 6) is -0.189. The number of aryl methyl sites for hydroxylation is 2. The lowest BCUT2D eigenvalue weighted by atomic mass is 10.2. The van der Waals surface area contributed by atoms with Crippen molar-refractivity contribution in [2.24, 2.45) is 7.05 Å². The molecule has 0 amide bonds. The van der Waals surface area contributed by atoms with Crippen molar-refractivity contribution in [3.8, 4) is 0 Å². The molecule has 0 aromatic carbocycles. The molecule has 100 valence electrons. The molecular formula is C13H16N4O2. The lowest BCUT2D eigenvalue weighted by molar-refractivity contribution is 0.0696. The highest BCUT2D eigenvalue weighted by atomic mass is 16.4. The van der Waals surface area contributed by atoms with Crippen molar-refractivity contribution in [1.82, 2.24) is 14.8 Å². The zero-order valence-electron chi connectivity index (χ0n) is 11.2. The van der Waals surface area contributed by atoms with Gasteiger partial charge in [0, 0.05) is 38.6 Å². The molecule has 2 rings (SSSR count). The van der Waals surface area contributed by atoms with E-state index in [0.29, 0.717) is 6.54 Å². The van der Waals surface area contributed by atoms with Crippen molar-refractivity contribution < 1.29 is 9.90 Å². The van der Waals surface area contributed by atoms with Crippen LogP contribution in [0.5, 0.6) is 0 Å². The Morgan fingerprint density at radius 2 is 2.21 bits per heavy atom. The number of anilines is 1. The number of aromatic nitrogens is 3. The fourth-order valence-electron chi connectivity index (χ4n) is 1.99. The molecule has 0 saturated heterocycles. The number of carboxylic acids is 1. The van der Waals surface area contributed by atoms with Crippen LogP contribution >= 0.6 is 0 Å². The summed E-state index contributed by atoms with van der Waals surface area (Å²) in [5, 5.41) is 13.0. The lowest BCUT2D eigenvalue weighted by Crippen LogP contribution is -2.19. The van der Waals surface area contributed by atoms with E-state index in [1.54, 1.807) is 16.9 Å². The van der Waals surface area contributed by atoms with E-state index < -0.39 is 5.97 Å². The monoisotopic (exact) mass is 260 g/mol. The second kappa shape index (κ2) is 5.09. The Morgan fingerprint density at radius 1 is 1.47 bits per heavy atom. The van der Waals surface area contributed by atoms with Gasteiger partial charge in [0.15, 0.2) is 0 Å². The Balaban J connectivity index is 2.19. The van der Waals surface area contributed by atoms with E-state index in [4.69, 9.17) is 5.11 Å². The zero-order valence-corrected chi connectivity index (χ0v) is 11.2. The first-order valence-electron chi connectivity index (χ1n) is 5.86. The molecule has 2 aromatic heterocycles. The molecule has 0 aliphatic rings. The summed E-state index contributed by atoms with van der Waals surface area (Å²) in [5.41, 5.74) is 2.12. The van der Waals surface area contributed by atoms with E-state index in [9.17, 15) is 4.79 Å². The lowest BCUT2D eigenvalue weighted by Gasteiger charge is -2.19. The van der Waals surface area contributed by atoms with Crippen molar-refractivity contribution in [3.63, 3.8) is 0 Å². The first kappa shape index (κ1) is 13.1. The number of pyridine rings is 1. The predicted octanol–water partition coefficient (Wildman–Crippen LogP) is 1.46. The van der Waals surface area contributed by atoms with Crippen molar-refractivity contribution in [2.75, 3.05) is 11.9 Å². The zero-order chi connectivity index (χ0) is 14.0. The maximum Gasteiger partial charge on any atom is 0.337 e. The van der Waals surface area contributed by atoms with Gasteiger partial charge in [-0.05, 0) is 18.6 Å². The number of rotatable bonds is 4. The number of aromatic carboxylic acids is 1. The Hall–Kier alpha value is -2.37. The maximum absolute atomic E-state index is 10.9. The van der Waals surface area contributed by atoms with Crippen molar-refractivity contribution in [1.29, 1.82) is 0 Å². The standard InChI is InChI=1S/C13H16N4O2/c1-9-4-11(13(18)19)6-14-12(9)16(2)7-10-5-15-17(3)8-10/h4-6,8H,7H2,1-3H3,(H,18,19). The molecule has 0 aliphatic carbocycles. The molecular weight excluding hydrogens is 244 g/mol. The van der Waals surface area contributed by atoms with E-state index in [1.165, 1.54) is 6.20 Å². The largest absolute Gasteiger partial charge is 0.478 e. The molecule has 6 nitrogen and oxygen atoms in total. The normalized spacial score (nSPS) is 10.5. The van der Waals surface area contributed by atoms with Crippen LogP contribution in [-0.4, -0.2) is 32.9 Å². The van der Waals surface area contributed by atoms with Crippen LogP contribution in [0.15, 0.2) is 24.7 Å². The van der Waals surface area contributed by atoms with E-state index in [-0.39, 0.29) is 5.56 Å². The molecule has 0 fully saturated rings. The van der Waals surface area contributed by atoms with Crippen LogP contribution in [0, 0.1) is 6.92 Å². The molecule has 0 spiro atoms. The van der Waals surface area contributed by atoms with Crippen LogP contribution in [-0.2, 0) is 13.6 Å². The summed E-state index contributed by atoms with van der Waals surface area (Å²) < 4.78 is 1.75. The summed E-state index contributed by atoms with van der Waals surface area (Å²) >= 11 is 0. The minimum atomic E-state index is -0.961.